The molecule has 0 spiro atoms. The quantitative estimate of drug-likeness (QED) is 0.599. The third-order valence-electron chi connectivity index (χ3n) is 2.89. The lowest BCUT2D eigenvalue weighted by molar-refractivity contribution is 0.0817. The van der Waals surface area contributed by atoms with E-state index in [1.54, 1.807) is 0 Å². The Hall–Kier alpha value is -0.0800. The fourth-order valence-electron chi connectivity index (χ4n) is 2.28. The Labute approximate surface area is 74.9 Å². The number of ether oxygens (including phenoxy) is 1. The van der Waals surface area contributed by atoms with Gasteiger partial charge >= 0.3 is 0 Å². The van der Waals surface area contributed by atoms with Crippen LogP contribution in [0.4, 0.5) is 0 Å². The molecule has 0 aromatic heterocycles. The number of nitrogens with zero attached hydrogens (tertiary/aromatic N) is 1. The average molecular weight is 169 g/mol. The number of hydrogen-bond donors (Lipinski definition) is 0. The molecule has 70 valence electrons. The van der Waals surface area contributed by atoms with E-state index in [1.165, 1.54) is 32.4 Å². The molecular formula is C10H19NO. The van der Waals surface area contributed by atoms with Gasteiger partial charge in [-0.25, -0.2) is 0 Å². The van der Waals surface area contributed by atoms with Crippen LogP contribution >= 0.6 is 0 Å². The SMILES string of the molecule is CC(C)CC1(N2CCCC2)CO1. The molecule has 0 N–H and O–H groups in total. The van der Waals surface area contributed by atoms with Gasteiger partial charge in [0.05, 0.1) is 6.61 Å². The molecule has 2 heteroatoms. The van der Waals surface area contributed by atoms with Crippen molar-refractivity contribution in [1.29, 1.82) is 0 Å². The Kier molecular flexibility index (Phi) is 2.13. The number of likely N-dealkylation sites (tertiary alicyclic amines) is 1. The van der Waals surface area contributed by atoms with Gasteiger partial charge in [-0.3, -0.25) is 4.90 Å². The second-order valence-electron chi connectivity index (χ2n) is 4.53. The van der Waals surface area contributed by atoms with E-state index < -0.39 is 0 Å². The van der Waals surface area contributed by atoms with Gasteiger partial charge in [-0.2, -0.15) is 0 Å². The molecule has 0 saturated carbocycles. The van der Waals surface area contributed by atoms with Crippen LogP contribution < -0.4 is 0 Å². The standard InChI is InChI=1S/C10H19NO/c1-9(2)7-10(8-12-10)11-5-3-4-6-11/h9H,3-8H2,1-2H3. The fourth-order valence-corrected chi connectivity index (χ4v) is 2.28. The molecule has 0 aromatic carbocycles. The Bertz CT molecular complexity index is 157. The molecule has 2 nitrogen and oxygen atoms in total. The van der Waals surface area contributed by atoms with Gasteiger partial charge in [-0.1, -0.05) is 13.8 Å². The second kappa shape index (κ2) is 3.00. The van der Waals surface area contributed by atoms with Crippen molar-refractivity contribution in [2.24, 2.45) is 5.92 Å². The summed E-state index contributed by atoms with van der Waals surface area (Å²) in [6, 6.07) is 0. The highest BCUT2D eigenvalue weighted by Crippen LogP contribution is 2.39. The molecule has 0 aromatic rings. The topological polar surface area (TPSA) is 15.8 Å². The van der Waals surface area contributed by atoms with Crippen LogP contribution in [0.2, 0.25) is 0 Å². The molecule has 1 atom stereocenters. The molecule has 0 aliphatic carbocycles. The van der Waals surface area contributed by atoms with Gasteiger partial charge < -0.3 is 4.74 Å². The summed E-state index contributed by atoms with van der Waals surface area (Å²) in [5.41, 5.74) is 0.185. The zero-order valence-electron chi connectivity index (χ0n) is 8.18. The van der Waals surface area contributed by atoms with E-state index in [9.17, 15) is 0 Å². The third-order valence-corrected chi connectivity index (χ3v) is 2.89. The van der Waals surface area contributed by atoms with Gasteiger partial charge in [-0.05, 0) is 25.2 Å². The molecule has 2 aliphatic heterocycles. The predicted molar refractivity (Wildman–Crippen MR) is 48.9 cm³/mol. The first-order valence-corrected chi connectivity index (χ1v) is 5.12. The van der Waals surface area contributed by atoms with E-state index in [4.69, 9.17) is 4.74 Å². The number of rotatable bonds is 3. The van der Waals surface area contributed by atoms with Crippen molar-refractivity contribution in [2.45, 2.75) is 38.8 Å². The van der Waals surface area contributed by atoms with Gasteiger partial charge in [-0.15, -0.1) is 0 Å². The normalized spacial score (nSPS) is 36.2. The molecule has 2 aliphatic rings. The van der Waals surface area contributed by atoms with E-state index in [-0.39, 0.29) is 5.72 Å². The van der Waals surface area contributed by atoms with Crippen LogP contribution in [0.3, 0.4) is 0 Å². The van der Waals surface area contributed by atoms with E-state index in [1.807, 2.05) is 0 Å². The van der Waals surface area contributed by atoms with Crippen LogP contribution in [-0.4, -0.2) is 30.3 Å². The second-order valence-corrected chi connectivity index (χ2v) is 4.53. The lowest BCUT2D eigenvalue weighted by Crippen LogP contribution is -2.37. The minimum atomic E-state index is 0.185. The van der Waals surface area contributed by atoms with Crippen LogP contribution in [0.1, 0.15) is 33.1 Å². The van der Waals surface area contributed by atoms with Gasteiger partial charge in [0.2, 0.25) is 0 Å². The van der Waals surface area contributed by atoms with Gasteiger partial charge in [0.15, 0.2) is 0 Å². The summed E-state index contributed by atoms with van der Waals surface area (Å²) in [4.78, 5) is 2.53. The summed E-state index contributed by atoms with van der Waals surface area (Å²) < 4.78 is 5.62. The smallest absolute Gasteiger partial charge is 0.145 e. The van der Waals surface area contributed by atoms with E-state index in [0.29, 0.717) is 0 Å². The first-order valence-electron chi connectivity index (χ1n) is 5.12. The molecule has 2 fully saturated rings. The zero-order valence-corrected chi connectivity index (χ0v) is 8.18. The molecule has 2 rings (SSSR count). The van der Waals surface area contributed by atoms with Crippen molar-refractivity contribution in [2.75, 3.05) is 19.7 Å². The van der Waals surface area contributed by atoms with E-state index in [2.05, 4.69) is 18.7 Å². The summed E-state index contributed by atoms with van der Waals surface area (Å²) in [5.74, 6) is 0.757. The highest BCUT2D eigenvalue weighted by molar-refractivity contribution is 4.94. The van der Waals surface area contributed by atoms with E-state index >= 15 is 0 Å². The summed E-state index contributed by atoms with van der Waals surface area (Å²) in [7, 11) is 0. The summed E-state index contributed by atoms with van der Waals surface area (Å²) in [6.45, 7) is 8.05. The van der Waals surface area contributed by atoms with Gasteiger partial charge in [0.25, 0.3) is 0 Å². The Morgan fingerprint density at radius 2 is 1.92 bits per heavy atom. The van der Waals surface area contributed by atoms with Crippen LogP contribution in [-0.2, 0) is 4.74 Å². The zero-order chi connectivity index (χ0) is 8.60. The molecule has 0 amide bonds. The van der Waals surface area contributed by atoms with Crippen LogP contribution in [0.25, 0.3) is 0 Å². The van der Waals surface area contributed by atoms with Crippen molar-refractivity contribution >= 4 is 0 Å². The van der Waals surface area contributed by atoms with Gasteiger partial charge in [0.1, 0.15) is 5.72 Å². The predicted octanol–water partition coefficient (Wildman–Crippen LogP) is 1.85. The molecule has 1 unspecified atom stereocenters. The maximum Gasteiger partial charge on any atom is 0.145 e. The van der Waals surface area contributed by atoms with Crippen molar-refractivity contribution in [3.05, 3.63) is 0 Å². The average Bonchev–Trinajstić information content (AvgIpc) is 2.61. The molecule has 2 heterocycles. The molecule has 0 bridgehead atoms. The minimum Gasteiger partial charge on any atom is -0.353 e. The van der Waals surface area contributed by atoms with Crippen molar-refractivity contribution in [3.63, 3.8) is 0 Å². The van der Waals surface area contributed by atoms with Crippen LogP contribution in [0.5, 0.6) is 0 Å². The van der Waals surface area contributed by atoms with Crippen molar-refractivity contribution < 1.29 is 4.74 Å². The fraction of sp³-hybridized carbons (Fsp3) is 1.00. The first kappa shape index (κ1) is 8.52. The lowest BCUT2D eigenvalue weighted by Gasteiger charge is -2.25. The Balaban J connectivity index is 1.91. The Morgan fingerprint density at radius 1 is 1.33 bits per heavy atom. The summed E-state index contributed by atoms with van der Waals surface area (Å²) >= 11 is 0. The molecule has 0 radical (unpaired) electrons. The summed E-state index contributed by atoms with van der Waals surface area (Å²) in [5, 5.41) is 0. The monoisotopic (exact) mass is 169 g/mol. The van der Waals surface area contributed by atoms with Crippen LogP contribution in [0.15, 0.2) is 0 Å². The highest BCUT2D eigenvalue weighted by atomic mass is 16.6. The maximum absolute atomic E-state index is 5.62. The summed E-state index contributed by atoms with van der Waals surface area (Å²) in [6.07, 6.45) is 3.94. The maximum atomic E-state index is 5.62. The largest absolute Gasteiger partial charge is 0.353 e. The lowest BCUT2D eigenvalue weighted by atomic mass is 10.0. The number of hydrogen-bond acceptors (Lipinski definition) is 2. The van der Waals surface area contributed by atoms with Crippen molar-refractivity contribution in [3.8, 4) is 0 Å². The number of epoxide rings is 1. The van der Waals surface area contributed by atoms with Crippen LogP contribution in [0, 0.1) is 5.92 Å². The Morgan fingerprint density at radius 3 is 2.33 bits per heavy atom. The molecule has 12 heavy (non-hydrogen) atoms. The minimum absolute atomic E-state index is 0.185. The molecule has 2 saturated heterocycles. The highest BCUT2D eigenvalue weighted by Gasteiger charge is 2.50. The first-order chi connectivity index (χ1) is 5.73. The molecular weight excluding hydrogens is 150 g/mol. The van der Waals surface area contributed by atoms with E-state index in [0.717, 1.165) is 12.5 Å². The van der Waals surface area contributed by atoms with Gasteiger partial charge in [0, 0.05) is 13.1 Å². The third kappa shape index (κ3) is 1.50. The van der Waals surface area contributed by atoms with Crippen molar-refractivity contribution in [1.82, 2.24) is 4.90 Å².